The Kier molecular flexibility index (Phi) is 7.46. The maximum atomic E-state index is 12.8. The number of halogens is 1. The van der Waals surface area contributed by atoms with Gasteiger partial charge in [-0.25, -0.2) is 4.98 Å². The van der Waals surface area contributed by atoms with E-state index in [0.717, 1.165) is 36.1 Å². The molecule has 0 atom stereocenters. The predicted molar refractivity (Wildman–Crippen MR) is 128 cm³/mol. The van der Waals surface area contributed by atoms with Crippen molar-refractivity contribution in [2.75, 3.05) is 42.9 Å². The zero-order valence-electron chi connectivity index (χ0n) is 18.4. The third kappa shape index (κ3) is 5.98. The molecule has 1 aromatic heterocycles. The van der Waals surface area contributed by atoms with Gasteiger partial charge in [-0.2, -0.15) is 0 Å². The normalized spacial score (nSPS) is 18.2. The Balaban J connectivity index is 1.37. The number of hydrogen-bond donors (Lipinski definition) is 1. The smallest absolute Gasteiger partial charge is 0.255 e. The lowest BCUT2D eigenvalue weighted by molar-refractivity contribution is 0.102. The molecule has 4 rings (SSSR count). The molecular weight excluding hydrogens is 408 g/mol. The molecule has 0 spiro atoms. The van der Waals surface area contributed by atoms with Crippen LogP contribution in [-0.2, 0) is 0 Å². The molecule has 0 radical (unpaired) electrons. The molecule has 31 heavy (non-hydrogen) atoms. The lowest BCUT2D eigenvalue weighted by Gasteiger charge is -2.35. The molecule has 166 valence electrons. The molecule has 2 aromatic rings. The number of hydrogen-bond acceptors (Lipinski definition) is 4. The van der Waals surface area contributed by atoms with E-state index in [1.807, 2.05) is 19.2 Å². The van der Waals surface area contributed by atoms with Crippen molar-refractivity contribution in [2.45, 2.75) is 45.4 Å². The largest absolute Gasteiger partial charge is 0.355 e. The van der Waals surface area contributed by atoms with Crippen molar-refractivity contribution >= 4 is 29.0 Å². The van der Waals surface area contributed by atoms with Gasteiger partial charge in [-0.1, -0.05) is 24.1 Å². The van der Waals surface area contributed by atoms with E-state index >= 15 is 0 Å². The van der Waals surface area contributed by atoms with Gasteiger partial charge < -0.3 is 15.1 Å². The van der Waals surface area contributed by atoms with Gasteiger partial charge in [-0.15, -0.1) is 0 Å². The number of rotatable bonds is 6. The first-order valence-electron chi connectivity index (χ1n) is 11.6. The fourth-order valence-corrected chi connectivity index (χ4v) is 4.90. The number of amides is 1. The zero-order valence-corrected chi connectivity index (χ0v) is 19.2. The van der Waals surface area contributed by atoms with Gasteiger partial charge in [0.25, 0.3) is 5.91 Å². The van der Waals surface area contributed by atoms with Gasteiger partial charge in [0.15, 0.2) is 5.82 Å². The summed E-state index contributed by atoms with van der Waals surface area (Å²) in [6.07, 6.45) is 9.67. The Morgan fingerprint density at radius 1 is 1.13 bits per heavy atom. The van der Waals surface area contributed by atoms with Crippen LogP contribution in [0, 0.1) is 12.8 Å². The first-order valence-corrected chi connectivity index (χ1v) is 12.0. The second-order valence-electron chi connectivity index (χ2n) is 8.97. The average Bonchev–Trinajstić information content (AvgIpc) is 2.79. The fraction of sp³-hybridized carbons (Fsp3) is 0.520. The summed E-state index contributed by atoms with van der Waals surface area (Å²) in [5.74, 6) is 1.50. The summed E-state index contributed by atoms with van der Waals surface area (Å²) in [7, 11) is 0. The molecular formula is C25H33ClN4O. The van der Waals surface area contributed by atoms with E-state index in [-0.39, 0.29) is 5.91 Å². The second kappa shape index (κ2) is 10.5. The van der Waals surface area contributed by atoms with E-state index in [1.165, 1.54) is 58.2 Å². The molecule has 5 nitrogen and oxygen atoms in total. The van der Waals surface area contributed by atoms with Crippen LogP contribution in [0.4, 0.5) is 11.5 Å². The number of piperidine rings is 2. The van der Waals surface area contributed by atoms with E-state index in [4.69, 9.17) is 11.6 Å². The number of nitrogens with one attached hydrogen (secondary N) is 1. The lowest BCUT2D eigenvalue weighted by Crippen LogP contribution is -2.37. The van der Waals surface area contributed by atoms with Crippen LogP contribution in [0.15, 0.2) is 36.5 Å². The number of carbonyl (C=O) groups excluding carboxylic acids is 1. The molecule has 0 bridgehead atoms. The molecule has 2 aliphatic rings. The summed E-state index contributed by atoms with van der Waals surface area (Å²) in [6, 6.07) is 9.04. The predicted octanol–water partition coefficient (Wildman–Crippen LogP) is 5.39. The standard InChI is InChI=1S/C25H33ClN4O/c1-19-16-23(28-25(31)21-6-5-7-22(26)17-21)24(27-18-19)30-14-9-20(10-15-30)8-13-29-11-3-2-4-12-29/h5-7,16-18,20H,2-4,8-15H2,1H3,(H,28,31). The van der Waals surface area contributed by atoms with Crippen LogP contribution in [-0.4, -0.2) is 48.5 Å². The van der Waals surface area contributed by atoms with Gasteiger partial charge in [0.2, 0.25) is 0 Å². The quantitative estimate of drug-likeness (QED) is 0.654. The summed E-state index contributed by atoms with van der Waals surface area (Å²) in [4.78, 5) is 22.4. The number of aryl methyl sites for hydroxylation is 1. The van der Waals surface area contributed by atoms with Crippen LogP contribution < -0.4 is 10.2 Å². The van der Waals surface area contributed by atoms with E-state index in [2.05, 4.69) is 20.1 Å². The molecule has 2 aliphatic heterocycles. The molecule has 0 aliphatic carbocycles. The summed E-state index contributed by atoms with van der Waals surface area (Å²) in [5, 5.41) is 3.62. The van der Waals surface area contributed by atoms with Crippen LogP contribution in [0.3, 0.4) is 0 Å². The highest BCUT2D eigenvalue weighted by atomic mass is 35.5. The number of anilines is 2. The maximum absolute atomic E-state index is 12.8. The van der Waals surface area contributed by atoms with E-state index in [0.29, 0.717) is 10.6 Å². The SMILES string of the molecule is Cc1cnc(N2CCC(CCN3CCCCC3)CC2)c(NC(=O)c2cccc(Cl)c2)c1. The Morgan fingerprint density at radius 3 is 2.65 bits per heavy atom. The van der Waals surface area contributed by atoms with Gasteiger partial charge in [0.05, 0.1) is 5.69 Å². The van der Waals surface area contributed by atoms with Gasteiger partial charge in [-0.05, 0) is 94.4 Å². The van der Waals surface area contributed by atoms with Crippen LogP contribution in [0.5, 0.6) is 0 Å². The molecule has 6 heteroatoms. The van der Waals surface area contributed by atoms with Crippen molar-refractivity contribution in [1.82, 2.24) is 9.88 Å². The molecule has 2 fully saturated rings. The average molecular weight is 441 g/mol. The van der Waals surface area contributed by atoms with Gasteiger partial charge >= 0.3 is 0 Å². The molecule has 3 heterocycles. The molecule has 1 aromatic carbocycles. The van der Waals surface area contributed by atoms with Gasteiger partial charge in [0.1, 0.15) is 0 Å². The van der Waals surface area contributed by atoms with E-state index < -0.39 is 0 Å². The molecule has 0 saturated carbocycles. The van der Waals surface area contributed by atoms with E-state index in [1.54, 1.807) is 24.3 Å². The van der Waals surface area contributed by atoms with Crippen LogP contribution in [0.1, 0.15) is 54.4 Å². The van der Waals surface area contributed by atoms with Crippen molar-refractivity contribution in [1.29, 1.82) is 0 Å². The third-order valence-electron chi connectivity index (χ3n) is 6.55. The van der Waals surface area contributed by atoms with Crippen molar-refractivity contribution in [3.8, 4) is 0 Å². The monoisotopic (exact) mass is 440 g/mol. The van der Waals surface area contributed by atoms with Crippen LogP contribution in [0.2, 0.25) is 5.02 Å². The Hall–Kier alpha value is -2.11. The number of likely N-dealkylation sites (tertiary alicyclic amines) is 1. The summed E-state index contributed by atoms with van der Waals surface area (Å²) in [5.41, 5.74) is 2.36. The zero-order chi connectivity index (χ0) is 21.6. The number of pyridine rings is 1. The van der Waals surface area contributed by atoms with Crippen molar-refractivity contribution in [3.05, 3.63) is 52.7 Å². The highest BCUT2D eigenvalue weighted by Gasteiger charge is 2.23. The summed E-state index contributed by atoms with van der Waals surface area (Å²) < 4.78 is 0. The highest BCUT2D eigenvalue weighted by Crippen LogP contribution is 2.30. The first-order chi connectivity index (χ1) is 15.1. The van der Waals surface area contributed by atoms with Crippen LogP contribution in [0.25, 0.3) is 0 Å². The Bertz CT molecular complexity index is 889. The fourth-order valence-electron chi connectivity index (χ4n) is 4.71. The van der Waals surface area contributed by atoms with Crippen molar-refractivity contribution in [2.24, 2.45) is 5.92 Å². The Labute approximate surface area is 190 Å². The Morgan fingerprint density at radius 2 is 1.90 bits per heavy atom. The third-order valence-corrected chi connectivity index (χ3v) is 6.79. The first kappa shape index (κ1) is 22.1. The number of carbonyl (C=O) groups is 1. The second-order valence-corrected chi connectivity index (χ2v) is 9.41. The van der Waals surface area contributed by atoms with Gasteiger partial charge in [0, 0.05) is 29.9 Å². The molecule has 1 amide bonds. The number of aromatic nitrogens is 1. The number of nitrogens with zero attached hydrogens (tertiary/aromatic N) is 3. The van der Waals surface area contributed by atoms with Crippen molar-refractivity contribution < 1.29 is 4.79 Å². The molecule has 2 saturated heterocycles. The minimum Gasteiger partial charge on any atom is -0.355 e. The number of benzene rings is 1. The van der Waals surface area contributed by atoms with Gasteiger partial charge in [-0.3, -0.25) is 4.79 Å². The topological polar surface area (TPSA) is 48.5 Å². The minimum absolute atomic E-state index is 0.160. The van der Waals surface area contributed by atoms with Crippen molar-refractivity contribution in [3.63, 3.8) is 0 Å². The molecule has 0 unspecified atom stereocenters. The molecule has 1 N–H and O–H groups in total. The van der Waals surface area contributed by atoms with Crippen LogP contribution >= 0.6 is 11.6 Å². The summed E-state index contributed by atoms with van der Waals surface area (Å²) in [6.45, 7) is 7.78. The summed E-state index contributed by atoms with van der Waals surface area (Å²) >= 11 is 6.06. The maximum Gasteiger partial charge on any atom is 0.255 e. The highest BCUT2D eigenvalue weighted by molar-refractivity contribution is 6.31. The lowest BCUT2D eigenvalue weighted by atomic mass is 9.93. The van der Waals surface area contributed by atoms with E-state index in [9.17, 15) is 4.79 Å². The minimum atomic E-state index is -0.160.